The Kier molecular flexibility index (Phi) is 14.5. The number of nitrogens with one attached hydrogen (secondary N) is 2. The molecule has 3 aliphatic heterocycles. The first-order chi connectivity index (χ1) is 30.6. The molecule has 4 aromatic rings. The van der Waals surface area contributed by atoms with Crippen molar-refractivity contribution in [1.82, 2.24) is 30.2 Å². The highest BCUT2D eigenvalue weighted by molar-refractivity contribution is 7.99. The number of anilines is 2. The van der Waals surface area contributed by atoms with Crippen molar-refractivity contribution in [3.63, 3.8) is 0 Å². The summed E-state index contributed by atoms with van der Waals surface area (Å²) < 4.78 is 20.0. The summed E-state index contributed by atoms with van der Waals surface area (Å²) in [6.07, 6.45) is 3.25. The molecule has 4 N–H and O–H groups in total. The molecule has 0 aliphatic carbocycles. The van der Waals surface area contributed by atoms with Gasteiger partial charge in [0.1, 0.15) is 18.0 Å². The Balaban J connectivity index is 0.840. The van der Waals surface area contributed by atoms with Crippen molar-refractivity contribution in [1.29, 1.82) is 0 Å². The van der Waals surface area contributed by atoms with Gasteiger partial charge in [-0.1, -0.05) is 42.1 Å². The van der Waals surface area contributed by atoms with E-state index in [1.807, 2.05) is 11.0 Å². The number of halogens is 3. The second-order valence-electron chi connectivity index (χ2n) is 16.1. The highest BCUT2D eigenvalue weighted by Gasteiger charge is 2.45. The summed E-state index contributed by atoms with van der Waals surface area (Å²) in [5.41, 5.74) is 7.60. The number of carbonyl (C=O) groups excluding carboxylic acids is 6. The van der Waals surface area contributed by atoms with Crippen molar-refractivity contribution in [3.8, 4) is 5.75 Å². The number of piperidine rings is 1. The number of ether oxygens (including phenoxy) is 1. The molecular formula is C45H47Cl2FN8O7S. The van der Waals surface area contributed by atoms with Gasteiger partial charge in [0, 0.05) is 64.4 Å². The van der Waals surface area contributed by atoms with E-state index in [0.717, 1.165) is 48.9 Å². The van der Waals surface area contributed by atoms with E-state index in [1.165, 1.54) is 23.9 Å². The van der Waals surface area contributed by atoms with Gasteiger partial charge in [-0.25, -0.2) is 4.39 Å². The normalized spacial score (nSPS) is 19.4. The van der Waals surface area contributed by atoms with Crippen LogP contribution in [0.1, 0.15) is 113 Å². The number of hydrogen-bond donors (Lipinski definition) is 3. The van der Waals surface area contributed by atoms with Crippen LogP contribution in [0.5, 0.6) is 5.75 Å². The number of thioether (sulfide) groups is 1. The number of nitrogens with zero attached hydrogens (tertiary/aromatic N) is 5. The summed E-state index contributed by atoms with van der Waals surface area (Å²) >= 11 is 13.9. The molecule has 0 saturated carbocycles. The van der Waals surface area contributed by atoms with Crippen LogP contribution in [0.2, 0.25) is 10.0 Å². The molecule has 64 heavy (non-hydrogen) atoms. The predicted molar refractivity (Wildman–Crippen MR) is 240 cm³/mol. The molecule has 1 aromatic heterocycles. The number of amides is 6. The molecule has 1 unspecified atom stereocenters. The van der Waals surface area contributed by atoms with Crippen LogP contribution in [-0.4, -0.2) is 104 Å². The predicted octanol–water partition coefficient (Wildman–Crippen LogP) is 7.19. The highest BCUT2D eigenvalue weighted by atomic mass is 35.5. The lowest BCUT2D eigenvalue weighted by atomic mass is 10.0. The number of aromatic nitrogens is 2. The van der Waals surface area contributed by atoms with E-state index in [2.05, 4.69) is 39.6 Å². The van der Waals surface area contributed by atoms with Gasteiger partial charge in [-0.3, -0.25) is 43.9 Å². The largest absolute Gasteiger partial charge is 0.482 e. The van der Waals surface area contributed by atoms with Crippen molar-refractivity contribution >= 4 is 81.9 Å². The number of carbonyl (C=O) groups is 6. The topological polar surface area (TPSA) is 197 Å². The first kappa shape index (κ1) is 46.4. The van der Waals surface area contributed by atoms with Crippen LogP contribution in [0.4, 0.5) is 15.9 Å². The fourth-order valence-electron chi connectivity index (χ4n) is 8.33. The summed E-state index contributed by atoms with van der Waals surface area (Å²) in [6, 6.07) is 14.9. The van der Waals surface area contributed by atoms with Crippen LogP contribution >= 0.6 is 35.0 Å². The third-order valence-corrected chi connectivity index (χ3v) is 13.4. The molecule has 336 valence electrons. The zero-order valence-electron chi connectivity index (χ0n) is 35.4. The zero-order valence-corrected chi connectivity index (χ0v) is 37.7. The summed E-state index contributed by atoms with van der Waals surface area (Å²) in [6.45, 7) is 7.88. The van der Waals surface area contributed by atoms with E-state index in [9.17, 15) is 33.2 Å². The third-order valence-electron chi connectivity index (χ3n) is 11.6. The van der Waals surface area contributed by atoms with E-state index in [4.69, 9.17) is 33.7 Å². The number of imide groups is 2. The Morgan fingerprint density at radius 3 is 2.41 bits per heavy atom. The van der Waals surface area contributed by atoms with E-state index >= 15 is 0 Å². The minimum Gasteiger partial charge on any atom is -0.482 e. The molecule has 4 atom stereocenters. The van der Waals surface area contributed by atoms with Gasteiger partial charge in [0.2, 0.25) is 11.8 Å². The zero-order chi connectivity index (χ0) is 45.8. The van der Waals surface area contributed by atoms with Crippen molar-refractivity contribution in [2.45, 2.75) is 88.4 Å². The Bertz CT molecular complexity index is 2490. The Labute approximate surface area is 383 Å². The first-order valence-electron chi connectivity index (χ1n) is 21.0. The lowest BCUT2D eigenvalue weighted by molar-refractivity contribution is -0.136. The fraction of sp³-hybridized carbons (Fsp3) is 0.378. The summed E-state index contributed by atoms with van der Waals surface area (Å²) in [7, 11) is 0. The van der Waals surface area contributed by atoms with Gasteiger partial charge in [0.25, 0.3) is 23.6 Å². The van der Waals surface area contributed by atoms with Gasteiger partial charge in [0.05, 0.1) is 16.1 Å². The minimum absolute atomic E-state index is 0.0244. The van der Waals surface area contributed by atoms with Crippen LogP contribution in [0.3, 0.4) is 0 Å². The Hall–Kier alpha value is -5.62. The quantitative estimate of drug-likeness (QED) is 0.0471. The Morgan fingerprint density at radius 2 is 1.69 bits per heavy atom. The SMILES string of the molecule is C[C@@H]1CN(C(=O)c2ccc(NC(=O)c3cc(O[C@H](C)c4c(Cl)ccc(F)c4Cl)c(N)nn3)cc2)C[C@H](C)N1CCCCCCSc1cccc2c1C(=O)N(C1CCC(=O)NC1=O)C2=O. The first-order valence-corrected chi connectivity index (χ1v) is 22.7. The number of unbranched alkanes of at least 4 members (excludes halogenated alkanes) is 3. The summed E-state index contributed by atoms with van der Waals surface area (Å²) in [5, 5.41) is 12.7. The number of nitrogen functional groups attached to an aromatic ring is 1. The van der Waals surface area contributed by atoms with Gasteiger partial charge in [-0.15, -0.1) is 22.0 Å². The van der Waals surface area contributed by atoms with Gasteiger partial charge in [-0.2, -0.15) is 0 Å². The summed E-state index contributed by atoms with van der Waals surface area (Å²) in [5.74, 6) is -2.72. The number of benzene rings is 3. The Morgan fingerprint density at radius 1 is 0.969 bits per heavy atom. The molecule has 2 saturated heterocycles. The average Bonchev–Trinajstić information content (AvgIpc) is 3.52. The summed E-state index contributed by atoms with van der Waals surface area (Å²) in [4.78, 5) is 83.4. The van der Waals surface area contributed by atoms with Crippen molar-refractivity contribution in [2.75, 3.05) is 36.4 Å². The van der Waals surface area contributed by atoms with E-state index in [1.54, 1.807) is 43.3 Å². The monoisotopic (exact) mass is 932 g/mol. The van der Waals surface area contributed by atoms with Crippen molar-refractivity contribution in [3.05, 3.63) is 104 Å². The standard InChI is InChI=1S/C45H47Cl2FN8O7S/c1-24-22-54(43(60)27-11-13-28(14-12-27)50-41(58)32-21-34(40(49)53-52-32)63-26(3)37-30(46)15-16-31(48)39(37)47)23-25(2)55(24)19-6-4-5-7-20-64-35-10-8-9-29-38(35)45(62)56(44(29)61)33-17-18-36(57)51-42(33)59/h8-16,21,24-26,33H,4-7,17-20,22-23H2,1-3H3,(H2,49,53)(H,50,58)(H,51,57,59)/t24-,25+,26-,33?/m1/s1. The number of nitrogens with two attached hydrogens (primary N) is 1. The van der Waals surface area contributed by atoms with Gasteiger partial charge < -0.3 is 20.7 Å². The van der Waals surface area contributed by atoms with E-state index in [0.29, 0.717) is 34.8 Å². The molecule has 2 fully saturated rings. The van der Waals surface area contributed by atoms with Crippen LogP contribution in [-0.2, 0) is 9.59 Å². The third kappa shape index (κ3) is 10.0. The van der Waals surface area contributed by atoms with Gasteiger partial charge in [-0.05, 0) is 101 Å². The van der Waals surface area contributed by atoms with Crippen molar-refractivity contribution < 1.29 is 37.9 Å². The molecule has 0 radical (unpaired) electrons. The number of rotatable bonds is 15. The molecule has 6 amide bonds. The molecule has 7 rings (SSSR count). The van der Waals surface area contributed by atoms with Crippen LogP contribution in [0.25, 0.3) is 0 Å². The molecule has 0 bridgehead atoms. The lowest BCUT2D eigenvalue weighted by Crippen LogP contribution is -2.58. The second kappa shape index (κ2) is 20.0. The smallest absolute Gasteiger partial charge is 0.276 e. The number of fused-ring (bicyclic) bond motifs is 1. The van der Waals surface area contributed by atoms with Crippen molar-refractivity contribution in [2.24, 2.45) is 0 Å². The maximum atomic E-state index is 14.1. The second-order valence-corrected chi connectivity index (χ2v) is 18.0. The fourth-order valence-corrected chi connectivity index (χ4v) is 10.1. The van der Waals surface area contributed by atoms with Gasteiger partial charge >= 0.3 is 0 Å². The van der Waals surface area contributed by atoms with E-state index < -0.39 is 47.5 Å². The molecule has 4 heterocycles. The van der Waals surface area contributed by atoms with Crippen LogP contribution < -0.4 is 21.1 Å². The highest BCUT2D eigenvalue weighted by Crippen LogP contribution is 2.37. The molecule has 3 aromatic carbocycles. The average molecular weight is 934 g/mol. The van der Waals surface area contributed by atoms with Crippen LogP contribution in [0.15, 0.2) is 65.6 Å². The maximum absolute atomic E-state index is 14.1. The maximum Gasteiger partial charge on any atom is 0.276 e. The van der Waals surface area contributed by atoms with Crippen LogP contribution in [0, 0.1) is 5.82 Å². The molecule has 15 nitrogen and oxygen atoms in total. The number of piperazine rings is 1. The molecule has 19 heteroatoms. The number of hydrogen-bond acceptors (Lipinski definition) is 12. The van der Waals surface area contributed by atoms with Gasteiger partial charge in [0.15, 0.2) is 17.3 Å². The molecule has 3 aliphatic rings. The van der Waals surface area contributed by atoms with E-state index in [-0.39, 0.29) is 69.3 Å². The lowest BCUT2D eigenvalue weighted by Gasteiger charge is -2.44. The minimum atomic E-state index is -0.995. The molecule has 0 spiro atoms. The molecular weight excluding hydrogens is 887 g/mol.